The normalized spacial score (nSPS) is 21.2. The maximum atomic E-state index is 12.3. The van der Waals surface area contributed by atoms with Gasteiger partial charge in [0.1, 0.15) is 5.75 Å². The van der Waals surface area contributed by atoms with Gasteiger partial charge in [0, 0.05) is 23.7 Å². The van der Waals surface area contributed by atoms with Gasteiger partial charge in [-0.1, -0.05) is 6.07 Å². The predicted octanol–water partition coefficient (Wildman–Crippen LogP) is 2.40. The Bertz CT molecular complexity index is 665. The van der Waals surface area contributed by atoms with Crippen LogP contribution in [0.5, 0.6) is 5.75 Å². The molecule has 2 atom stereocenters. The number of aromatic amines is 1. The van der Waals surface area contributed by atoms with Crippen molar-refractivity contribution >= 4 is 16.8 Å². The third-order valence-electron chi connectivity index (χ3n) is 4.12. The van der Waals surface area contributed by atoms with E-state index in [9.17, 15) is 4.79 Å². The highest BCUT2D eigenvalue weighted by atomic mass is 16.5. The van der Waals surface area contributed by atoms with Crippen LogP contribution in [0.2, 0.25) is 0 Å². The van der Waals surface area contributed by atoms with E-state index in [1.807, 2.05) is 38.2 Å². The van der Waals surface area contributed by atoms with E-state index in [0.717, 1.165) is 28.6 Å². The zero-order valence-electron chi connectivity index (χ0n) is 13.0. The number of hydrogen-bond donors (Lipinski definition) is 2. The van der Waals surface area contributed by atoms with Crippen LogP contribution in [0.25, 0.3) is 10.9 Å². The summed E-state index contributed by atoms with van der Waals surface area (Å²) >= 11 is 0. The SMILES string of the molecule is CCOc1cccc2[nH]cc(CC(=O)N[C@@H]3CCO[C@@H]3C)c12. The Morgan fingerprint density at radius 3 is 3.09 bits per heavy atom. The lowest BCUT2D eigenvalue weighted by atomic mass is 10.1. The number of fused-ring (bicyclic) bond motifs is 1. The zero-order valence-corrected chi connectivity index (χ0v) is 13.0. The first-order chi connectivity index (χ1) is 10.7. The van der Waals surface area contributed by atoms with Crippen molar-refractivity contribution in [2.75, 3.05) is 13.2 Å². The second-order valence-corrected chi connectivity index (χ2v) is 5.64. The van der Waals surface area contributed by atoms with Crippen LogP contribution in [0.1, 0.15) is 25.8 Å². The molecule has 1 fully saturated rings. The number of hydrogen-bond acceptors (Lipinski definition) is 3. The molecule has 0 aliphatic carbocycles. The van der Waals surface area contributed by atoms with E-state index in [1.54, 1.807) is 0 Å². The molecule has 2 N–H and O–H groups in total. The van der Waals surface area contributed by atoms with Crippen molar-refractivity contribution in [1.82, 2.24) is 10.3 Å². The van der Waals surface area contributed by atoms with Gasteiger partial charge in [-0.15, -0.1) is 0 Å². The van der Waals surface area contributed by atoms with Gasteiger partial charge in [0.15, 0.2) is 0 Å². The Morgan fingerprint density at radius 2 is 2.36 bits per heavy atom. The number of H-pyrrole nitrogens is 1. The molecule has 2 aromatic rings. The molecule has 5 heteroatoms. The average Bonchev–Trinajstić information content (AvgIpc) is 3.08. The van der Waals surface area contributed by atoms with Crippen molar-refractivity contribution < 1.29 is 14.3 Å². The molecule has 1 amide bonds. The minimum atomic E-state index is 0.0227. The van der Waals surface area contributed by atoms with Gasteiger partial charge in [0.05, 0.1) is 25.2 Å². The fraction of sp³-hybridized carbons (Fsp3) is 0.471. The molecule has 0 bridgehead atoms. The zero-order chi connectivity index (χ0) is 15.5. The van der Waals surface area contributed by atoms with Crippen molar-refractivity contribution in [3.63, 3.8) is 0 Å². The lowest BCUT2D eigenvalue weighted by Crippen LogP contribution is -2.39. The van der Waals surface area contributed by atoms with Crippen LogP contribution in [0.4, 0.5) is 0 Å². The number of aromatic nitrogens is 1. The predicted molar refractivity (Wildman–Crippen MR) is 85.1 cm³/mol. The fourth-order valence-corrected chi connectivity index (χ4v) is 2.99. The summed E-state index contributed by atoms with van der Waals surface area (Å²) in [6.45, 7) is 5.27. The Balaban J connectivity index is 1.77. The quantitative estimate of drug-likeness (QED) is 0.891. The van der Waals surface area contributed by atoms with Crippen molar-refractivity contribution in [3.8, 4) is 5.75 Å². The summed E-state index contributed by atoms with van der Waals surface area (Å²) in [4.78, 5) is 15.5. The Hall–Kier alpha value is -2.01. The van der Waals surface area contributed by atoms with Crippen LogP contribution in [0.15, 0.2) is 24.4 Å². The molecule has 1 aromatic carbocycles. The lowest BCUT2D eigenvalue weighted by Gasteiger charge is -2.16. The van der Waals surface area contributed by atoms with E-state index in [1.165, 1.54) is 0 Å². The van der Waals surface area contributed by atoms with Crippen LogP contribution in [0.3, 0.4) is 0 Å². The van der Waals surface area contributed by atoms with E-state index in [4.69, 9.17) is 9.47 Å². The molecule has 0 saturated carbocycles. The fourth-order valence-electron chi connectivity index (χ4n) is 2.99. The van der Waals surface area contributed by atoms with Crippen LogP contribution < -0.4 is 10.1 Å². The largest absolute Gasteiger partial charge is 0.493 e. The second-order valence-electron chi connectivity index (χ2n) is 5.64. The summed E-state index contributed by atoms with van der Waals surface area (Å²) in [7, 11) is 0. The van der Waals surface area contributed by atoms with E-state index in [-0.39, 0.29) is 18.1 Å². The summed E-state index contributed by atoms with van der Waals surface area (Å²) in [5.41, 5.74) is 1.95. The first-order valence-corrected chi connectivity index (χ1v) is 7.81. The van der Waals surface area contributed by atoms with E-state index in [0.29, 0.717) is 19.6 Å². The van der Waals surface area contributed by atoms with Crippen LogP contribution in [0, 0.1) is 0 Å². The summed E-state index contributed by atoms with van der Waals surface area (Å²) in [6, 6.07) is 6.00. The number of amides is 1. The summed E-state index contributed by atoms with van der Waals surface area (Å²) in [5.74, 6) is 0.844. The Kier molecular flexibility index (Phi) is 4.34. The highest BCUT2D eigenvalue weighted by Gasteiger charge is 2.26. The van der Waals surface area contributed by atoms with Crippen molar-refractivity contribution in [2.45, 2.75) is 38.8 Å². The molecule has 118 valence electrons. The lowest BCUT2D eigenvalue weighted by molar-refractivity contribution is -0.121. The van der Waals surface area contributed by atoms with Crippen LogP contribution in [-0.4, -0.2) is 36.3 Å². The topological polar surface area (TPSA) is 63.4 Å². The molecule has 1 aliphatic heterocycles. The number of benzene rings is 1. The minimum absolute atomic E-state index is 0.0227. The van der Waals surface area contributed by atoms with E-state index >= 15 is 0 Å². The molecule has 1 aliphatic rings. The molecule has 5 nitrogen and oxygen atoms in total. The Morgan fingerprint density at radius 1 is 1.50 bits per heavy atom. The Labute approximate surface area is 130 Å². The highest BCUT2D eigenvalue weighted by molar-refractivity contribution is 5.93. The average molecular weight is 302 g/mol. The maximum Gasteiger partial charge on any atom is 0.224 e. The van der Waals surface area contributed by atoms with Gasteiger partial charge in [0.2, 0.25) is 5.91 Å². The van der Waals surface area contributed by atoms with Gasteiger partial charge in [-0.3, -0.25) is 4.79 Å². The number of nitrogens with one attached hydrogen (secondary N) is 2. The molecule has 0 spiro atoms. The summed E-state index contributed by atoms with van der Waals surface area (Å²) < 4.78 is 11.2. The molecular formula is C17H22N2O3. The van der Waals surface area contributed by atoms with Crippen molar-refractivity contribution in [2.24, 2.45) is 0 Å². The third kappa shape index (κ3) is 2.95. The standard InChI is InChI=1S/C17H22N2O3/c1-3-21-15-6-4-5-14-17(15)12(10-18-14)9-16(20)19-13-7-8-22-11(13)2/h4-6,10-11,13,18H,3,7-9H2,1-2H3,(H,19,20)/t11-,13-/m1/s1. The van der Waals surface area contributed by atoms with Gasteiger partial charge >= 0.3 is 0 Å². The smallest absolute Gasteiger partial charge is 0.224 e. The molecule has 3 rings (SSSR count). The van der Waals surface area contributed by atoms with E-state index < -0.39 is 0 Å². The maximum absolute atomic E-state index is 12.3. The first-order valence-electron chi connectivity index (χ1n) is 7.81. The molecule has 1 aromatic heterocycles. The molecule has 0 unspecified atom stereocenters. The number of carbonyl (C=O) groups excluding carboxylic acids is 1. The third-order valence-corrected chi connectivity index (χ3v) is 4.12. The van der Waals surface area contributed by atoms with Crippen molar-refractivity contribution in [3.05, 3.63) is 30.0 Å². The number of ether oxygens (including phenoxy) is 2. The number of carbonyl (C=O) groups is 1. The van der Waals surface area contributed by atoms with Crippen LogP contribution >= 0.6 is 0 Å². The van der Waals surface area contributed by atoms with Crippen molar-refractivity contribution in [1.29, 1.82) is 0 Å². The minimum Gasteiger partial charge on any atom is -0.493 e. The molecular weight excluding hydrogens is 280 g/mol. The van der Waals surface area contributed by atoms with Gasteiger partial charge in [-0.05, 0) is 38.0 Å². The summed E-state index contributed by atoms with van der Waals surface area (Å²) in [6.07, 6.45) is 3.20. The van der Waals surface area contributed by atoms with E-state index in [2.05, 4.69) is 10.3 Å². The first kappa shape index (κ1) is 14.9. The molecule has 1 saturated heterocycles. The number of rotatable bonds is 5. The van der Waals surface area contributed by atoms with Gasteiger partial charge in [-0.2, -0.15) is 0 Å². The highest BCUT2D eigenvalue weighted by Crippen LogP contribution is 2.29. The summed E-state index contributed by atoms with van der Waals surface area (Å²) in [5, 5.41) is 4.06. The molecule has 2 heterocycles. The molecule has 0 radical (unpaired) electrons. The van der Waals surface area contributed by atoms with Gasteiger partial charge in [-0.25, -0.2) is 0 Å². The van der Waals surface area contributed by atoms with Gasteiger partial charge in [0.25, 0.3) is 0 Å². The van der Waals surface area contributed by atoms with Crippen LogP contribution in [-0.2, 0) is 16.0 Å². The monoisotopic (exact) mass is 302 g/mol. The second kappa shape index (κ2) is 6.40. The van der Waals surface area contributed by atoms with Gasteiger partial charge < -0.3 is 19.8 Å². The molecule has 22 heavy (non-hydrogen) atoms.